The molecule has 1 aliphatic heterocycles. The lowest BCUT2D eigenvalue weighted by Crippen LogP contribution is -2.48. The number of amides is 2. The summed E-state index contributed by atoms with van der Waals surface area (Å²) < 4.78 is 10.7. The van der Waals surface area contributed by atoms with Crippen molar-refractivity contribution >= 4 is 28.3 Å². The number of likely N-dealkylation sites (tertiary alicyclic amines) is 1. The summed E-state index contributed by atoms with van der Waals surface area (Å²) in [6.45, 7) is 1.93. The van der Waals surface area contributed by atoms with Gasteiger partial charge >= 0.3 is 0 Å². The predicted molar refractivity (Wildman–Crippen MR) is 133 cm³/mol. The maximum absolute atomic E-state index is 12.6. The number of nitrogens with one attached hydrogen (secondary N) is 2. The van der Waals surface area contributed by atoms with E-state index in [9.17, 15) is 9.59 Å². The number of nitrogens with zero attached hydrogens (tertiary/aromatic N) is 2. The number of hydrogen-bond donors (Lipinski definition) is 2. The molecule has 1 aliphatic carbocycles. The van der Waals surface area contributed by atoms with Crippen molar-refractivity contribution in [2.45, 2.75) is 51.0 Å². The van der Waals surface area contributed by atoms with E-state index < -0.39 is 0 Å². The minimum Gasteiger partial charge on any atom is -0.497 e. The Morgan fingerprint density at radius 2 is 1.85 bits per heavy atom. The Labute approximate surface area is 205 Å². The molecule has 4 rings (SSSR count). The number of methoxy groups -OCH3 is 2. The summed E-state index contributed by atoms with van der Waals surface area (Å²) in [5.74, 6) is 1.72. The summed E-state index contributed by atoms with van der Waals surface area (Å²) >= 11 is 1.39. The highest BCUT2D eigenvalue weighted by Crippen LogP contribution is 2.34. The molecule has 8 nitrogen and oxygen atoms in total. The molecular formula is C25H34N4O4S. The number of carbonyl (C=O) groups is 2. The minimum absolute atomic E-state index is 0.0766. The molecule has 0 spiro atoms. The van der Waals surface area contributed by atoms with Crippen LogP contribution in [0.15, 0.2) is 23.6 Å². The predicted octanol–water partition coefficient (Wildman–Crippen LogP) is 3.93. The van der Waals surface area contributed by atoms with Crippen LogP contribution in [0.4, 0.5) is 5.13 Å². The second-order valence-corrected chi connectivity index (χ2v) is 9.90. The number of ether oxygens (including phenoxy) is 2. The van der Waals surface area contributed by atoms with E-state index in [0.717, 1.165) is 50.0 Å². The number of thiazole rings is 1. The van der Waals surface area contributed by atoms with Crippen molar-refractivity contribution in [2.24, 2.45) is 5.92 Å². The molecule has 0 radical (unpaired) electrons. The molecule has 2 fully saturated rings. The summed E-state index contributed by atoms with van der Waals surface area (Å²) in [6, 6.07) is 5.79. The number of benzene rings is 1. The van der Waals surface area contributed by atoms with Gasteiger partial charge in [0, 0.05) is 42.1 Å². The lowest BCUT2D eigenvalue weighted by atomic mass is 9.88. The van der Waals surface area contributed by atoms with Crippen molar-refractivity contribution in [3.63, 3.8) is 0 Å². The Morgan fingerprint density at radius 3 is 2.56 bits per heavy atom. The van der Waals surface area contributed by atoms with Crippen molar-refractivity contribution in [1.82, 2.24) is 15.2 Å². The first-order chi connectivity index (χ1) is 16.6. The maximum Gasteiger partial charge on any atom is 0.240 e. The van der Waals surface area contributed by atoms with Crippen LogP contribution in [0.1, 0.15) is 44.9 Å². The van der Waals surface area contributed by atoms with Crippen molar-refractivity contribution < 1.29 is 19.1 Å². The molecule has 1 saturated heterocycles. The Bertz CT molecular complexity index is 981. The molecule has 0 atom stereocenters. The average molecular weight is 487 g/mol. The molecule has 1 saturated carbocycles. The Hall–Kier alpha value is -2.65. The van der Waals surface area contributed by atoms with Gasteiger partial charge in [-0.1, -0.05) is 19.3 Å². The molecule has 9 heteroatoms. The second-order valence-electron chi connectivity index (χ2n) is 9.05. The van der Waals surface area contributed by atoms with E-state index in [1.165, 1.54) is 30.6 Å². The largest absolute Gasteiger partial charge is 0.497 e. The molecule has 2 heterocycles. The molecule has 0 unspecified atom stereocenters. The monoisotopic (exact) mass is 486 g/mol. The van der Waals surface area contributed by atoms with Crippen LogP contribution in [0, 0.1) is 5.92 Å². The van der Waals surface area contributed by atoms with Gasteiger partial charge in [-0.05, 0) is 37.8 Å². The van der Waals surface area contributed by atoms with Crippen LogP contribution in [0.3, 0.4) is 0 Å². The van der Waals surface area contributed by atoms with E-state index in [0.29, 0.717) is 23.2 Å². The van der Waals surface area contributed by atoms with Crippen LogP contribution in [0.5, 0.6) is 11.5 Å². The van der Waals surface area contributed by atoms with E-state index >= 15 is 0 Å². The minimum atomic E-state index is -0.0766. The van der Waals surface area contributed by atoms with Gasteiger partial charge < -0.3 is 20.1 Å². The molecule has 1 aromatic carbocycles. The second kappa shape index (κ2) is 11.7. The molecule has 2 aromatic rings. The van der Waals surface area contributed by atoms with E-state index in [1.807, 2.05) is 23.6 Å². The fourth-order valence-electron chi connectivity index (χ4n) is 4.75. The Morgan fingerprint density at radius 1 is 1.09 bits per heavy atom. The standard InChI is InChI=1S/C25H34N4O4S/c1-32-19-8-9-20(22(14-19)33-2)21-16-34-25(27-21)28-23(30)15-29-12-10-18(11-13-29)26-24(31)17-6-4-3-5-7-17/h8-9,14,16-18H,3-7,10-13,15H2,1-2H3,(H,26,31)(H,27,28,30). The van der Waals surface area contributed by atoms with Crippen LogP contribution in [-0.2, 0) is 9.59 Å². The van der Waals surface area contributed by atoms with Crippen LogP contribution in [0.2, 0.25) is 0 Å². The molecular weight excluding hydrogens is 452 g/mol. The zero-order chi connectivity index (χ0) is 23.9. The summed E-state index contributed by atoms with van der Waals surface area (Å²) in [4.78, 5) is 31.8. The molecule has 2 aliphatic rings. The summed E-state index contributed by atoms with van der Waals surface area (Å²) in [7, 11) is 3.22. The number of carbonyl (C=O) groups excluding carboxylic acids is 2. The third kappa shape index (κ3) is 6.27. The number of rotatable bonds is 8. The van der Waals surface area contributed by atoms with Gasteiger partial charge in [0.05, 0.1) is 26.5 Å². The smallest absolute Gasteiger partial charge is 0.240 e. The first-order valence-corrected chi connectivity index (χ1v) is 12.9. The topological polar surface area (TPSA) is 92.8 Å². The summed E-state index contributed by atoms with van der Waals surface area (Å²) in [6.07, 6.45) is 7.39. The van der Waals surface area contributed by atoms with Gasteiger partial charge in [-0.3, -0.25) is 14.5 Å². The normalized spacial score (nSPS) is 17.8. The molecule has 2 amide bonds. The van der Waals surface area contributed by atoms with Crippen molar-refractivity contribution in [3.8, 4) is 22.8 Å². The molecule has 1 aromatic heterocycles. The van der Waals surface area contributed by atoms with Gasteiger partial charge in [0.15, 0.2) is 5.13 Å². The van der Waals surface area contributed by atoms with Gasteiger partial charge in [0.25, 0.3) is 0 Å². The maximum atomic E-state index is 12.6. The number of anilines is 1. The van der Waals surface area contributed by atoms with Crippen LogP contribution in [-0.4, -0.2) is 61.6 Å². The lowest BCUT2D eigenvalue weighted by Gasteiger charge is -2.33. The van der Waals surface area contributed by atoms with Crippen LogP contribution >= 0.6 is 11.3 Å². The third-order valence-corrected chi connectivity index (χ3v) is 7.47. The fourth-order valence-corrected chi connectivity index (χ4v) is 5.47. The summed E-state index contributed by atoms with van der Waals surface area (Å²) in [5, 5.41) is 8.63. The number of piperidine rings is 1. The SMILES string of the molecule is COc1ccc(-c2csc(NC(=O)CN3CCC(NC(=O)C4CCCCC4)CC3)n2)c(OC)c1. The van der Waals surface area contributed by atoms with Gasteiger partial charge in [-0.15, -0.1) is 11.3 Å². The average Bonchev–Trinajstić information content (AvgIpc) is 3.33. The Kier molecular flexibility index (Phi) is 8.39. The highest BCUT2D eigenvalue weighted by atomic mass is 32.1. The molecule has 184 valence electrons. The quantitative estimate of drug-likeness (QED) is 0.587. The van der Waals surface area contributed by atoms with Gasteiger partial charge in [-0.2, -0.15) is 0 Å². The van der Waals surface area contributed by atoms with Crippen molar-refractivity contribution in [2.75, 3.05) is 39.2 Å². The molecule has 2 N–H and O–H groups in total. The zero-order valence-corrected chi connectivity index (χ0v) is 20.8. The summed E-state index contributed by atoms with van der Waals surface area (Å²) in [5.41, 5.74) is 1.59. The number of aromatic nitrogens is 1. The van der Waals surface area contributed by atoms with Crippen LogP contribution < -0.4 is 20.1 Å². The highest BCUT2D eigenvalue weighted by molar-refractivity contribution is 7.14. The first kappa shape index (κ1) is 24.5. The van der Waals surface area contributed by atoms with E-state index in [4.69, 9.17) is 9.47 Å². The van der Waals surface area contributed by atoms with Crippen molar-refractivity contribution in [3.05, 3.63) is 23.6 Å². The number of hydrogen-bond acceptors (Lipinski definition) is 7. The van der Waals surface area contributed by atoms with Crippen LogP contribution in [0.25, 0.3) is 11.3 Å². The fraction of sp³-hybridized carbons (Fsp3) is 0.560. The van der Waals surface area contributed by atoms with Gasteiger partial charge in [-0.25, -0.2) is 4.98 Å². The lowest BCUT2D eigenvalue weighted by molar-refractivity contribution is -0.127. The van der Waals surface area contributed by atoms with Gasteiger partial charge in [0.2, 0.25) is 11.8 Å². The highest BCUT2D eigenvalue weighted by Gasteiger charge is 2.26. The van der Waals surface area contributed by atoms with Crippen molar-refractivity contribution in [1.29, 1.82) is 0 Å². The van der Waals surface area contributed by atoms with E-state index in [-0.39, 0.29) is 23.8 Å². The zero-order valence-electron chi connectivity index (χ0n) is 20.0. The van der Waals surface area contributed by atoms with E-state index in [1.54, 1.807) is 14.2 Å². The third-order valence-electron chi connectivity index (χ3n) is 6.71. The van der Waals surface area contributed by atoms with Gasteiger partial charge in [0.1, 0.15) is 11.5 Å². The first-order valence-electron chi connectivity index (χ1n) is 12.1. The molecule has 34 heavy (non-hydrogen) atoms. The van der Waals surface area contributed by atoms with E-state index in [2.05, 4.69) is 20.5 Å². The molecule has 0 bridgehead atoms. The Balaban J connectivity index is 1.24.